The number of phenols is 1. The maximum atomic E-state index is 9.57. The van der Waals surface area contributed by atoms with E-state index >= 15 is 0 Å². The van der Waals surface area contributed by atoms with Gasteiger partial charge in [0.1, 0.15) is 12.1 Å². The Labute approximate surface area is 110 Å². The maximum absolute atomic E-state index is 9.57. The van der Waals surface area contributed by atoms with Gasteiger partial charge in [0, 0.05) is 6.20 Å². The topological polar surface area (TPSA) is 70.1 Å². The summed E-state index contributed by atoms with van der Waals surface area (Å²) in [6.07, 6.45) is 3.15. The summed E-state index contributed by atoms with van der Waals surface area (Å²) in [5.74, 6) is 0.156. The molecule has 0 aliphatic carbocycles. The number of thiocarbonyl (C=S) groups is 1. The van der Waals surface area contributed by atoms with Gasteiger partial charge in [0.25, 0.3) is 0 Å². The number of anilines is 1. The second-order valence-corrected chi connectivity index (χ2v) is 3.93. The molecule has 6 heteroatoms. The molecule has 0 saturated heterocycles. The first-order valence-corrected chi connectivity index (χ1v) is 5.74. The monoisotopic (exact) mass is 260 g/mol. The molecule has 0 unspecified atom stereocenters. The molecule has 0 saturated carbocycles. The summed E-state index contributed by atoms with van der Waals surface area (Å²) in [4.78, 5) is 7.90. The van der Waals surface area contributed by atoms with Crippen molar-refractivity contribution in [3.63, 3.8) is 0 Å². The largest absolute Gasteiger partial charge is 0.506 e. The van der Waals surface area contributed by atoms with Crippen LogP contribution in [0.3, 0.4) is 0 Å². The van der Waals surface area contributed by atoms with Crippen molar-refractivity contribution >= 4 is 23.0 Å². The van der Waals surface area contributed by atoms with Crippen LogP contribution < -0.4 is 10.6 Å². The lowest BCUT2D eigenvalue weighted by Crippen LogP contribution is -2.28. The van der Waals surface area contributed by atoms with Crippen LogP contribution in [0.25, 0.3) is 0 Å². The Morgan fingerprint density at radius 2 is 2.11 bits per heavy atom. The number of benzene rings is 1. The average Bonchev–Trinajstić information content (AvgIpc) is 2.40. The van der Waals surface area contributed by atoms with Crippen LogP contribution in [-0.2, 0) is 6.54 Å². The molecule has 0 atom stereocenters. The van der Waals surface area contributed by atoms with Crippen LogP contribution in [0, 0.1) is 0 Å². The second-order valence-electron chi connectivity index (χ2n) is 3.53. The number of rotatable bonds is 3. The van der Waals surface area contributed by atoms with Crippen molar-refractivity contribution in [2.45, 2.75) is 6.54 Å². The molecule has 2 rings (SSSR count). The molecule has 0 radical (unpaired) electrons. The first-order chi connectivity index (χ1) is 8.75. The first-order valence-electron chi connectivity index (χ1n) is 5.33. The molecule has 0 fully saturated rings. The molecule has 0 amide bonds. The highest BCUT2D eigenvalue weighted by Crippen LogP contribution is 2.21. The van der Waals surface area contributed by atoms with Crippen LogP contribution in [0.1, 0.15) is 5.69 Å². The van der Waals surface area contributed by atoms with Gasteiger partial charge in [-0.3, -0.25) is 0 Å². The molecule has 0 aliphatic rings. The zero-order valence-corrected chi connectivity index (χ0v) is 10.3. The van der Waals surface area contributed by atoms with Crippen molar-refractivity contribution in [1.82, 2.24) is 15.3 Å². The van der Waals surface area contributed by atoms with Gasteiger partial charge in [-0.15, -0.1) is 0 Å². The molecular weight excluding hydrogens is 248 g/mol. The zero-order valence-electron chi connectivity index (χ0n) is 9.50. The van der Waals surface area contributed by atoms with Gasteiger partial charge in [-0.2, -0.15) is 0 Å². The average molecular weight is 260 g/mol. The molecule has 5 nitrogen and oxygen atoms in total. The van der Waals surface area contributed by atoms with Gasteiger partial charge in [-0.25, -0.2) is 9.97 Å². The van der Waals surface area contributed by atoms with E-state index < -0.39 is 0 Å². The molecule has 1 aromatic carbocycles. The molecular formula is C12H12N4OS. The molecule has 1 aromatic heterocycles. The SMILES string of the molecule is Oc1ccccc1NC(=S)NCc1ccncn1. The van der Waals surface area contributed by atoms with E-state index in [1.54, 1.807) is 30.5 Å². The minimum absolute atomic E-state index is 0.156. The standard InChI is InChI=1S/C12H12N4OS/c17-11-4-2-1-3-10(11)16-12(18)14-7-9-5-6-13-8-15-9/h1-6,8,17H,7H2,(H2,14,16,18). The van der Waals surface area contributed by atoms with E-state index in [9.17, 15) is 5.11 Å². The lowest BCUT2D eigenvalue weighted by Gasteiger charge is -2.10. The van der Waals surface area contributed by atoms with Crippen molar-refractivity contribution in [3.8, 4) is 5.75 Å². The first kappa shape index (κ1) is 12.3. The van der Waals surface area contributed by atoms with Gasteiger partial charge in [-0.05, 0) is 30.4 Å². The number of para-hydroxylation sites is 2. The van der Waals surface area contributed by atoms with Crippen molar-refractivity contribution in [3.05, 3.63) is 48.5 Å². The molecule has 0 aliphatic heterocycles. The minimum Gasteiger partial charge on any atom is -0.506 e. The quantitative estimate of drug-likeness (QED) is 0.576. The van der Waals surface area contributed by atoms with Gasteiger partial charge in [0.05, 0.1) is 17.9 Å². The zero-order chi connectivity index (χ0) is 12.8. The fourth-order valence-electron chi connectivity index (χ4n) is 1.34. The number of phenolic OH excluding ortho intramolecular Hbond substituents is 1. The Morgan fingerprint density at radius 1 is 1.28 bits per heavy atom. The number of aromatic hydroxyl groups is 1. The Balaban J connectivity index is 1.88. The summed E-state index contributed by atoms with van der Waals surface area (Å²) >= 11 is 5.12. The number of hydrogen-bond donors (Lipinski definition) is 3. The molecule has 0 spiro atoms. The maximum Gasteiger partial charge on any atom is 0.171 e. The van der Waals surface area contributed by atoms with Gasteiger partial charge in [0.2, 0.25) is 0 Å². The summed E-state index contributed by atoms with van der Waals surface area (Å²) in [5.41, 5.74) is 1.41. The highest BCUT2D eigenvalue weighted by Gasteiger charge is 2.02. The smallest absolute Gasteiger partial charge is 0.171 e. The van der Waals surface area contributed by atoms with Gasteiger partial charge in [0.15, 0.2) is 5.11 Å². The van der Waals surface area contributed by atoms with Crippen molar-refractivity contribution in [2.75, 3.05) is 5.32 Å². The highest BCUT2D eigenvalue weighted by molar-refractivity contribution is 7.80. The highest BCUT2D eigenvalue weighted by atomic mass is 32.1. The Hall–Kier alpha value is -2.21. The molecule has 92 valence electrons. The fraction of sp³-hybridized carbons (Fsp3) is 0.0833. The predicted octanol–water partition coefficient (Wildman–Crippen LogP) is 1.67. The van der Waals surface area contributed by atoms with Crippen molar-refractivity contribution in [1.29, 1.82) is 0 Å². The third-order valence-electron chi connectivity index (χ3n) is 2.23. The Bertz CT molecular complexity index is 533. The van der Waals surface area contributed by atoms with Gasteiger partial charge in [-0.1, -0.05) is 12.1 Å². The molecule has 1 heterocycles. The van der Waals surface area contributed by atoms with E-state index in [1.165, 1.54) is 6.33 Å². The predicted molar refractivity (Wildman–Crippen MR) is 73.2 cm³/mol. The Kier molecular flexibility index (Phi) is 4.03. The normalized spacial score (nSPS) is 9.78. The number of nitrogens with one attached hydrogen (secondary N) is 2. The lowest BCUT2D eigenvalue weighted by molar-refractivity contribution is 0.478. The van der Waals surface area contributed by atoms with E-state index in [0.29, 0.717) is 17.3 Å². The van der Waals surface area contributed by atoms with Crippen molar-refractivity contribution in [2.24, 2.45) is 0 Å². The van der Waals surface area contributed by atoms with E-state index in [2.05, 4.69) is 20.6 Å². The molecule has 0 bridgehead atoms. The third-order valence-corrected chi connectivity index (χ3v) is 2.47. The number of nitrogens with zero attached hydrogens (tertiary/aromatic N) is 2. The molecule has 18 heavy (non-hydrogen) atoms. The number of hydrogen-bond acceptors (Lipinski definition) is 4. The molecule has 2 aromatic rings. The van der Waals surface area contributed by atoms with E-state index in [0.717, 1.165) is 5.69 Å². The van der Waals surface area contributed by atoms with Crippen LogP contribution in [0.2, 0.25) is 0 Å². The second kappa shape index (κ2) is 5.92. The molecule has 3 N–H and O–H groups in total. The van der Waals surface area contributed by atoms with Crippen LogP contribution >= 0.6 is 12.2 Å². The van der Waals surface area contributed by atoms with Crippen LogP contribution in [-0.4, -0.2) is 20.2 Å². The summed E-state index contributed by atoms with van der Waals surface area (Å²) in [6.45, 7) is 0.502. The number of aromatic nitrogens is 2. The van der Waals surface area contributed by atoms with Gasteiger partial charge < -0.3 is 15.7 Å². The fourth-order valence-corrected chi connectivity index (χ4v) is 1.52. The lowest BCUT2D eigenvalue weighted by atomic mass is 10.3. The summed E-state index contributed by atoms with van der Waals surface area (Å²) in [6, 6.07) is 8.70. The van der Waals surface area contributed by atoms with Crippen molar-refractivity contribution < 1.29 is 5.11 Å². The minimum atomic E-state index is 0.156. The van der Waals surface area contributed by atoms with Crippen LogP contribution in [0.5, 0.6) is 5.75 Å². The van der Waals surface area contributed by atoms with E-state index in [1.807, 2.05) is 6.07 Å². The van der Waals surface area contributed by atoms with Gasteiger partial charge >= 0.3 is 0 Å². The Morgan fingerprint density at radius 3 is 2.83 bits per heavy atom. The van der Waals surface area contributed by atoms with Crippen LogP contribution in [0.4, 0.5) is 5.69 Å². The van der Waals surface area contributed by atoms with E-state index in [4.69, 9.17) is 12.2 Å². The summed E-state index contributed by atoms with van der Waals surface area (Å²) in [5, 5.41) is 15.9. The summed E-state index contributed by atoms with van der Waals surface area (Å²) in [7, 11) is 0. The summed E-state index contributed by atoms with van der Waals surface area (Å²) < 4.78 is 0. The third kappa shape index (κ3) is 3.39. The van der Waals surface area contributed by atoms with E-state index in [-0.39, 0.29) is 5.75 Å². The van der Waals surface area contributed by atoms with Crippen LogP contribution in [0.15, 0.2) is 42.9 Å².